The predicted octanol–water partition coefficient (Wildman–Crippen LogP) is 3.23. The summed E-state index contributed by atoms with van der Waals surface area (Å²) < 4.78 is 42.3. The molecule has 0 radical (unpaired) electrons. The number of aromatic nitrogens is 3. The number of amides is 1. The minimum absolute atomic E-state index is 0.218. The van der Waals surface area contributed by atoms with Crippen molar-refractivity contribution in [2.24, 2.45) is 7.05 Å². The van der Waals surface area contributed by atoms with Crippen LogP contribution in [0.3, 0.4) is 0 Å². The maximum absolute atomic E-state index is 13.4. The lowest BCUT2D eigenvalue weighted by molar-refractivity contribution is -0.272. The van der Waals surface area contributed by atoms with Crippen LogP contribution in [0.2, 0.25) is 0 Å². The molecule has 1 atom stereocenters. The highest BCUT2D eigenvalue weighted by atomic mass is 79.9. The first-order valence-electron chi connectivity index (χ1n) is 7.95. The molecule has 2 aromatic heterocycles. The molecule has 10 heteroatoms. The number of fused-ring (bicyclic) bond motifs is 1. The van der Waals surface area contributed by atoms with Gasteiger partial charge in [0.25, 0.3) is 5.91 Å². The maximum atomic E-state index is 13.4. The third-order valence-corrected chi connectivity index (χ3v) is 4.75. The minimum Gasteiger partial charge on any atom is -0.374 e. The summed E-state index contributed by atoms with van der Waals surface area (Å²) in [4.78, 5) is 18.8. The summed E-state index contributed by atoms with van der Waals surface area (Å²) in [5.41, 5.74) is -2.23. The summed E-state index contributed by atoms with van der Waals surface area (Å²) >= 11 is 3.32. The van der Waals surface area contributed by atoms with Crippen molar-refractivity contribution in [1.29, 1.82) is 0 Å². The maximum Gasteiger partial charge on any atom is 0.424 e. The van der Waals surface area contributed by atoms with E-state index in [-0.39, 0.29) is 12.2 Å². The van der Waals surface area contributed by atoms with Crippen LogP contribution in [0.5, 0.6) is 0 Å². The molecule has 0 fully saturated rings. The van der Waals surface area contributed by atoms with Gasteiger partial charge in [-0.15, -0.1) is 0 Å². The Bertz CT molecular complexity index is 982. The van der Waals surface area contributed by atoms with E-state index in [1.165, 1.54) is 19.4 Å². The number of alkyl halides is 3. The van der Waals surface area contributed by atoms with Crippen LogP contribution in [-0.2, 0) is 12.6 Å². The van der Waals surface area contributed by atoms with Gasteiger partial charge in [0, 0.05) is 47.8 Å². The van der Waals surface area contributed by atoms with Gasteiger partial charge in [0.15, 0.2) is 0 Å². The Labute approximate surface area is 160 Å². The lowest BCUT2D eigenvalue weighted by atomic mass is 9.97. The van der Waals surface area contributed by atoms with E-state index in [1.54, 1.807) is 18.2 Å². The molecule has 3 aromatic rings. The molecule has 0 bridgehead atoms. The van der Waals surface area contributed by atoms with Crippen molar-refractivity contribution in [2.45, 2.75) is 18.2 Å². The second-order valence-corrected chi connectivity index (χ2v) is 7.06. The van der Waals surface area contributed by atoms with Crippen LogP contribution in [0, 0.1) is 0 Å². The number of hydrogen-bond donors (Lipinski definition) is 3. The van der Waals surface area contributed by atoms with Crippen molar-refractivity contribution in [3.63, 3.8) is 0 Å². The number of aromatic amines is 1. The molecular weight excluding hydrogens is 429 g/mol. The van der Waals surface area contributed by atoms with Crippen molar-refractivity contribution in [3.8, 4) is 0 Å². The van der Waals surface area contributed by atoms with Gasteiger partial charge in [-0.05, 0) is 18.2 Å². The van der Waals surface area contributed by atoms with E-state index in [0.717, 1.165) is 14.4 Å². The first kappa shape index (κ1) is 19.4. The predicted molar refractivity (Wildman–Crippen MR) is 96.1 cm³/mol. The molecule has 144 valence electrons. The Kier molecular flexibility index (Phi) is 5.04. The van der Waals surface area contributed by atoms with Crippen LogP contribution in [-0.4, -0.2) is 38.3 Å². The van der Waals surface area contributed by atoms with Crippen LogP contribution in [0.15, 0.2) is 41.1 Å². The average molecular weight is 445 g/mol. The third-order valence-electron chi connectivity index (χ3n) is 4.26. The number of carbonyl (C=O) groups is 1. The van der Waals surface area contributed by atoms with Crippen LogP contribution in [0.25, 0.3) is 10.9 Å². The fraction of sp³-hybridized carbons (Fsp3) is 0.294. The molecule has 1 amide bonds. The Balaban J connectivity index is 1.73. The zero-order valence-electron chi connectivity index (χ0n) is 14.1. The van der Waals surface area contributed by atoms with E-state index in [1.807, 2.05) is 6.07 Å². The molecule has 3 N–H and O–H groups in total. The van der Waals surface area contributed by atoms with Crippen molar-refractivity contribution >= 4 is 32.7 Å². The number of carbonyl (C=O) groups excluding carboxylic acids is 1. The van der Waals surface area contributed by atoms with Crippen LogP contribution in [0.1, 0.15) is 22.7 Å². The normalized spacial score (nSPS) is 14.3. The Hall–Kier alpha value is -2.33. The summed E-state index contributed by atoms with van der Waals surface area (Å²) in [6.45, 7) is -0.388. The van der Waals surface area contributed by atoms with E-state index in [2.05, 4.69) is 31.2 Å². The summed E-state index contributed by atoms with van der Waals surface area (Å²) in [5.74, 6) is -1.09. The summed E-state index contributed by atoms with van der Waals surface area (Å²) in [7, 11) is 1.36. The lowest BCUT2D eigenvalue weighted by Gasteiger charge is -2.29. The van der Waals surface area contributed by atoms with E-state index in [0.29, 0.717) is 5.52 Å². The lowest BCUT2D eigenvalue weighted by Crippen LogP contribution is -2.46. The molecule has 1 unspecified atom stereocenters. The van der Waals surface area contributed by atoms with Crippen LogP contribution in [0.4, 0.5) is 13.2 Å². The SMILES string of the molecule is Cn1ccnc1C(O)(CCNC(=O)c1cc2ccc(Br)cc2[nH]1)C(F)(F)F. The summed E-state index contributed by atoms with van der Waals surface area (Å²) in [6.07, 6.45) is -3.22. The zero-order valence-corrected chi connectivity index (χ0v) is 15.7. The van der Waals surface area contributed by atoms with Crippen molar-refractivity contribution < 1.29 is 23.1 Å². The number of imidazole rings is 1. The second kappa shape index (κ2) is 7.01. The van der Waals surface area contributed by atoms with E-state index >= 15 is 0 Å². The van der Waals surface area contributed by atoms with Gasteiger partial charge in [0.1, 0.15) is 11.5 Å². The molecule has 6 nitrogen and oxygen atoms in total. The van der Waals surface area contributed by atoms with Gasteiger partial charge in [0.05, 0.1) is 0 Å². The van der Waals surface area contributed by atoms with E-state index in [9.17, 15) is 23.1 Å². The molecule has 0 aliphatic carbocycles. The fourth-order valence-electron chi connectivity index (χ4n) is 2.82. The van der Waals surface area contributed by atoms with Gasteiger partial charge in [-0.1, -0.05) is 22.0 Å². The topological polar surface area (TPSA) is 82.9 Å². The zero-order chi connectivity index (χ0) is 19.8. The standard InChI is InChI=1S/C17H16BrF3N4O2/c1-25-7-6-23-15(25)16(27,17(19,20)21)4-5-22-14(26)13-8-10-2-3-11(18)9-12(10)24-13/h2-3,6-9,24,27H,4-5H2,1H3,(H,22,26). The van der Waals surface area contributed by atoms with Crippen molar-refractivity contribution in [3.05, 3.63) is 52.7 Å². The van der Waals surface area contributed by atoms with Crippen molar-refractivity contribution in [1.82, 2.24) is 19.9 Å². The Morgan fingerprint density at radius 1 is 1.37 bits per heavy atom. The van der Waals surface area contributed by atoms with Gasteiger partial charge >= 0.3 is 6.18 Å². The monoisotopic (exact) mass is 444 g/mol. The largest absolute Gasteiger partial charge is 0.424 e. The molecule has 0 aliphatic rings. The number of hydrogen-bond acceptors (Lipinski definition) is 3. The van der Waals surface area contributed by atoms with Crippen molar-refractivity contribution in [2.75, 3.05) is 6.54 Å². The highest BCUT2D eigenvalue weighted by Gasteiger charge is 2.57. The van der Waals surface area contributed by atoms with E-state index < -0.39 is 29.9 Å². The molecule has 2 heterocycles. The Morgan fingerprint density at radius 2 is 2.11 bits per heavy atom. The molecule has 0 aliphatic heterocycles. The van der Waals surface area contributed by atoms with Gasteiger partial charge in [0.2, 0.25) is 5.60 Å². The Morgan fingerprint density at radius 3 is 2.74 bits per heavy atom. The molecule has 27 heavy (non-hydrogen) atoms. The van der Waals surface area contributed by atoms with Crippen LogP contribution < -0.4 is 5.32 Å². The first-order chi connectivity index (χ1) is 12.6. The highest BCUT2D eigenvalue weighted by Crippen LogP contribution is 2.40. The van der Waals surface area contributed by atoms with Gasteiger partial charge in [-0.3, -0.25) is 4.79 Å². The third kappa shape index (κ3) is 3.72. The number of H-pyrrole nitrogens is 1. The molecule has 3 rings (SSSR count). The molecule has 0 saturated heterocycles. The number of nitrogens with one attached hydrogen (secondary N) is 2. The van der Waals surface area contributed by atoms with Gasteiger partial charge in [-0.25, -0.2) is 4.98 Å². The minimum atomic E-state index is -4.94. The number of aliphatic hydroxyl groups is 1. The first-order valence-corrected chi connectivity index (χ1v) is 8.74. The number of nitrogens with zero attached hydrogens (tertiary/aromatic N) is 2. The van der Waals surface area contributed by atoms with E-state index in [4.69, 9.17) is 0 Å². The van der Waals surface area contributed by atoms with Crippen LogP contribution >= 0.6 is 15.9 Å². The summed E-state index contributed by atoms with van der Waals surface area (Å²) in [5, 5.41) is 13.4. The van der Waals surface area contributed by atoms with Gasteiger partial charge in [-0.2, -0.15) is 13.2 Å². The second-order valence-electron chi connectivity index (χ2n) is 6.14. The molecule has 0 saturated carbocycles. The fourth-order valence-corrected chi connectivity index (χ4v) is 3.18. The molecular formula is C17H16BrF3N4O2. The number of rotatable bonds is 5. The number of benzene rings is 1. The highest BCUT2D eigenvalue weighted by molar-refractivity contribution is 9.10. The quantitative estimate of drug-likeness (QED) is 0.564. The number of halogens is 4. The number of aryl methyl sites for hydroxylation is 1. The van der Waals surface area contributed by atoms with Gasteiger partial charge < -0.3 is 20.0 Å². The summed E-state index contributed by atoms with van der Waals surface area (Å²) in [6, 6.07) is 7.01. The smallest absolute Gasteiger partial charge is 0.374 e. The average Bonchev–Trinajstić information content (AvgIpc) is 3.19. The molecule has 0 spiro atoms. The molecule has 1 aromatic carbocycles.